The number of hydrogen-bond acceptors (Lipinski definition) is 6. The molecule has 1 aromatic heterocycles. The molecule has 2 aromatic carbocycles. The van der Waals surface area contributed by atoms with E-state index in [-0.39, 0.29) is 23.7 Å². The molecule has 2 heterocycles. The van der Waals surface area contributed by atoms with Crippen molar-refractivity contribution in [3.05, 3.63) is 82.2 Å². The fourth-order valence-electron chi connectivity index (χ4n) is 4.52. The van der Waals surface area contributed by atoms with Crippen LogP contribution in [-0.4, -0.2) is 20.0 Å². The van der Waals surface area contributed by atoms with Crippen LogP contribution >= 0.6 is 11.3 Å². The molecule has 3 aromatic rings. The van der Waals surface area contributed by atoms with Crippen molar-refractivity contribution in [1.29, 1.82) is 0 Å². The normalized spacial score (nSPS) is 22.2. The van der Waals surface area contributed by atoms with E-state index in [4.69, 9.17) is 9.47 Å². The van der Waals surface area contributed by atoms with Gasteiger partial charge in [0.05, 0.1) is 37.6 Å². The van der Waals surface area contributed by atoms with Crippen LogP contribution in [0.3, 0.4) is 0 Å². The summed E-state index contributed by atoms with van der Waals surface area (Å²) in [5, 5.41) is 9.25. The first-order chi connectivity index (χ1) is 15.2. The van der Waals surface area contributed by atoms with E-state index in [2.05, 4.69) is 28.2 Å². The van der Waals surface area contributed by atoms with E-state index < -0.39 is 0 Å². The average molecular weight is 433 g/mol. The Morgan fingerprint density at radius 2 is 1.84 bits per heavy atom. The Hall–Kier alpha value is -3.25. The summed E-state index contributed by atoms with van der Waals surface area (Å²) in [6.45, 7) is 0. The predicted octanol–water partition coefficient (Wildman–Crippen LogP) is 5.60. The number of ketones is 1. The number of rotatable bonds is 4. The van der Waals surface area contributed by atoms with Crippen molar-refractivity contribution in [2.75, 3.05) is 24.9 Å². The van der Waals surface area contributed by atoms with E-state index in [9.17, 15) is 4.79 Å². The molecule has 1 aliphatic carbocycles. The zero-order valence-corrected chi connectivity index (χ0v) is 18.2. The predicted molar refractivity (Wildman–Crippen MR) is 124 cm³/mol. The van der Waals surface area contributed by atoms with Crippen LogP contribution in [0, 0.1) is 5.92 Å². The number of thiophene rings is 1. The topological polar surface area (TPSA) is 59.6 Å². The van der Waals surface area contributed by atoms with Gasteiger partial charge < -0.3 is 20.1 Å². The Morgan fingerprint density at radius 1 is 1.00 bits per heavy atom. The van der Waals surface area contributed by atoms with Gasteiger partial charge in [-0.2, -0.15) is 0 Å². The quantitative estimate of drug-likeness (QED) is 0.562. The zero-order chi connectivity index (χ0) is 21.4. The number of carbonyl (C=O) groups is 1. The monoisotopic (exact) mass is 432 g/mol. The van der Waals surface area contributed by atoms with Crippen molar-refractivity contribution < 1.29 is 14.3 Å². The number of ether oxygens (including phenoxy) is 2. The first-order valence-electron chi connectivity index (χ1n) is 10.3. The Kier molecular flexibility index (Phi) is 5.16. The molecule has 0 spiro atoms. The van der Waals surface area contributed by atoms with E-state index in [0.717, 1.165) is 28.4 Å². The number of nitrogens with one attached hydrogen (secondary N) is 2. The van der Waals surface area contributed by atoms with Crippen molar-refractivity contribution in [3.63, 3.8) is 0 Å². The second-order valence-electron chi connectivity index (χ2n) is 7.79. The molecule has 0 saturated carbocycles. The van der Waals surface area contributed by atoms with Crippen LogP contribution in [0.25, 0.3) is 0 Å². The molecule has 158 valence electrons. The molecule has 1 aliphatic heterocycles. The highest BCUT2D eigenvalue weighted by atomic mass is 32.1. The Balaban J connectivity index is 1.65. The van der Waals surface area contributed by atoms with Crippen LogP contribution in [0.15, 0.2) is 71.8 Å². The first kappa shape index (κ1) is 19.7. The zero-order valence-electron chi connectivity index (χ0n) is 17.4. The van der Waals surface area contributed by atoms with Crippen molar-refractivity contribution in [2.45, 2.75) is 18.4 Å². The SMILES string of the molecule is COc1ccc(C2Nc3ccccc3NC3=CC(c4cccs4)CC(=O)C32)c(OC)c1. The largest absolute Gasteiger partial charge is 0.497 e. The third-order valence-corrected chi connectivity index (χ3v) is 7.02. The van der Waals surface area contributed by atoms with Gasteiger partial charge in [-0.15, -0.1) is 11.3 Å². The fraction of sp³-hybridized carbons (Fsp3) is 0.240. The van der Waals surface area contributed by atoms with Crippen LogP contribution in [0.2, 0.25) is 0 Å². The first-order valence-corrected chi connectivity index (χ1v) is 11.2. The molecule has 0 saturated heterocycles. The summed E-state index contributed by atoms with van der Waals surface area (Å²) in [5.41, 5.74) is 3.80. The number of allylic oxidation sites excluding steroid dienone is 1. The lowest BCUT2D eigenvalue weighted by Gasteiger charge is -2.32. The highest BCUT2D eigenvalue weighted by molar-refractivity contribution is 7.10. The van der Waals surface area contributed by atoms with Gasteiger partial charge in [-0.25, -0.2) is 0 Å². The van der Waals surface area contributed by atoms with Crippen LogP contribution in [-0.2, 0) is 4.79 Å². The maximum absolute atomic E-state index is 13.6. The average Bonchev–Trinajstić information content (AvgIpc) is 3.28. The van der Waals surface area contributed by atoms with Gasteiger partial charge in [-0.3, -0.25) is 4.79 Å². The molecule has 0 bridgehead atoms. The van der Waals surface area contributed by atoms with Gasteiger partial charge in [0.15, 0.2) is 0 Å². The molecular weight excluding hydrogens is 408 g/mol. The summed E-state index contributed by atoms with van der Waals surface area (Å²) in [7, 11) is 3.28. The molecule has 6 heteroatoms. The summed E-state index contributed by atoms with van der Waals surface area (Å²) >= 11 is 1.69. The van der Waals surface area contributed by atoms with E-state index in [1.54, 1.807) is 25.6 Å². The van der Waals surface area contributed by atoms with Crippen LogP contribution < -0.4 is 20.1 Å². The molecular formula is C25H24N2O3S. The lowest BCUT2D eigenvalue weighted by atomic mass is 9.78. The van der Waals surface area contributed by atoms with Gasteiger partial charge in [0, 0.05) is 34.5 Å². The molecule has 31 heavy (non-hydrogen) atoms. The number of hydrogen-bond donors (Lipinski definition) is 2. The van der Waals surface area contributed by atoms with Gasteiger partial charge in [0.2, 0.25) is 0 Å². The number of methoxy groups -OCH3 is 2. The Labute approximate surface area is 185 Å². The standard InChI is InChI=1S/C25H24N2O3S/c1-29-16-9-10-17(22(14-16)30-2)25-24-20(26-18-6-3-4-7-19(18)27-25)12-15(13-21(24)28)23-8-5-11-31-23/h3-12,14-15,24-27H,13H2,1-2H3. The third-order valence-electron chi connectivity index (χ3n) is 6.02. The van der Waals surface area contributed by atoms with Crippen molar-refractivity contribution in [1.82, 2.24) is 0 Å². The number of fused-ring (bicyclic) bond motifs is 2. The molecule has 0 amide bonds. The van der Waals surface area contributed by atoms with Gasteiger partial charge >= 0.3 is 0 Å². The molecule has 0 fully saturated rings. The van der Waals surface area contributed by atoms with E-state index in [0.29, 0.717) is 12.2 Å². The number of anilines is 2. The lowest BCUT2D eigenvalue weighted by Crippen LogP contribution is -2.33. The van der Waals surface area contributed by atoms with Crippen LogP contribution in [0.5, 0.6) is 11.5 Å². The Bertz CT molecular complexity index is 1140. The van der Waals surface area contributed by atoms with Crippen LogP contribution in [0.1, 0.15) is 28.8 Å². The third kappa shape index (κ3) is 3.57. The summed E-state index contributed by atoms with van der Waals surface area (Å²) in [5.74, 6) is 1.38. The van der Waals surface area contributed by atoms with E-state index in [1.165, 1.54) is 4.88 Å². The molecule has 5 rings (SSSR count). The van der Waals surface area contributed by atoms with Crippen LogP contribution in [0.4, 0.5) is 11.4 Å². The van der Waals surface area contributed by atoms with Crippen molar-refractivity contribution in [3.8, 4) is 11.5 Å². The maximum Gasteiger partial charge on any atom is 0.145 e. The number of para-hydroxylation sites is 2. The maximum atomic E-state index is 13.6. The molecule has 3 atom stereocenters. The molecule has 5 nitrogen and oxygen atoms in total. The molecule has 3 unspecified atom stereocenters. The second kappa shape index (κ2) is 8.12. The fourth-order valence-corrected chi connectivity index (χ4v) is 5.32. The summed E-state index contributed by atoms with van der Waals surface area (Å²) < 4.78 is 11.1. The lowest BCUT2D eigenvalue weighted by molar-refractivity contribution is -0.122. The van der Waals surface area contributed by atoms with Gasteiger partial charge in [0.25, 0.3) is 0 Å². The number of benzene rings is 2. The number of carbonyl (C=O) groups excluding carboxylic acids is 1. The van der Waals surface area contributed by atoms with Gasteiger partial charge in [-0.1, -0.05) is 24.3 Å². The van der Waals surface area contributed by atoms with E-state index >= 15 is 0 Å². The molecule has 2 aliphatic rings. The highest BCUT2D eigenvalue weighted by Gasteiger charge is 2.41. The second-order valence-corrected chi connectivity index (χ2v) is 8.77. The number of Topliss-reactive ketones (excluding diaryl/α,β-unsaturated/α-hetero) is 1. The highest BCUT2D eigenvalue weighted by Crippen LogP contribution is 2.46. The van der Waals surface area contributed by atoms with Gasteiger partial charge in [-0.05, 0) is 35.7 Å². The minimum Gasteiger partial charge on any atom is -0.497 e. The minimum atomic E-state index is -0.342. The smallest absolute Gasteiger partial charge is 0.145 e. The minimum absolute atomic E-state index is 0.0925. The van der Waals surface area contributed by atoms with Crippen molar-refractivity contribution in [2.24, 2.45) is 5.92 Å². The molecule has 0 radical (unpaired) electrons. The molecule has 2 N–H and O–H groups in total. The summed E-state index contributed by atoms with van der Waals surface area (Å²) in [6, 6.07) is 17.7. The van der Waals surface area contributed by atoms with E-state index in [1.807, 2.05) is 48.5 Å². The van der Waals surface area contributed by atoms with Crippen molar-refractivity contribution >= 4 is 28.5 Å². The summed E-state index contributed by atoms with van der Waals surface area (Å²) in [6.07, 6.45) is 2.72. The summed E-state index contributed by atoms with van der Waals surface area (Å²) in [4.78, 5) is 14.8. The Morgan fingerprint density at radius 3 is 2.58 bits per heavy atom. The van der Waals surface area contributed by atoms with Gasteiger partial charge in [0.1, 0.15) is 17.3 Å².